The number of hydrogen-bond donors (Lipinski definition) is 1. The number of amides is 2. The van der Waals surface area contributed by atoms with Gasteiger partial charge in [-0.05, 0) is 52.7 Å². The third-order valence-electron chi connectivity index (χ3n) is 5.93. The molecule has 1 fully saturated rings. The summed E-state index contributed by atoms with van der Waals surface area (Å²) in [6.07, 6.45) is -0.840. The molecule has 2 amide bonds. The Morgan fingerprint density at radius 3 is 2.54 bits per heavy atom. The highest BCUT2D eigenvalue weighted by Gasteiger charge is 2.42. The van der Waals surface area contributed by atoms with Gasteiger partial charge in [0.15, 0.2) is 5.78 Å². The van der Waals surface area contributed by atoms with Gasteiger partial charge < -0.3 is 24.4 Å². The Morgan fingerprint density at radius 1 is 1.24 bits per heavy atom. The Bertz CT molecular complexity index is 1160. The molecule has 1 saturated heterocycles. The molecule has 1 aliphatic heterocycles. The first-order valence-corrected chi connectivity index (χ1v) is 12.9. The van der Waals surface area contributed by atoms with Gasteiger partial charge in [0.1, 0.15) is 23.5 Å². The smallest absolute Gasteiger partial charge is 0.408 e. The van der Waals surface area contributed by atoms with Crippen LogP contribution in [-0.4, -0.2) is 64.6 Å². The van der Waals surface area contributed by atoms with Crippen LogP contribution in [0.3, 0.4) is 0 Å². The molecule has 0 bridgehead atoms. The first-order valence-electron chi connectivity index (χ1n) is 12.5. The largest absolute Gasteiger partial charge is 0.488 e. The number of nitrogens with zero attached hydrogens (tertiary/aromatic N) is 2. The van der Waals surface area contributed by atoms with E-state index in [0.717, 1.165) is 0 Å². The maximum Gasteiger partial charge on any atom is 0.408 e. The molecule has 2 aromatic rings. The van der Waals surface area contributed by atoms with Crippen LogP contribution >= 0.6 is 11.6 Å². The van der Waals surface area contributed by atoms with Gasteiger partial charge in [0, 0.05) is 17.9 Å². The van der Waals surface area contributed by atoms with Gasteiger partial charge >= 0.3 is 6.09 Å². The lowest BCUT2D eigenvalue weighted by Crippen LogP contribution is -2.54. The van der Waals surface area contributed by atoms with Gasteiger partial charge in [-0.25, -0.2) is 9.78 Å². The molecule has 0 radical (unpaired) electrons. The van der Waals surface area contributed by atoms with E-state index in [1.54, 1.807) is 39.0 Å². The van der Waals surface area contributed by atoms with Crippen molar-refractivity contribution in [2.45, 2.75) is 78.7 Å². The number of para-hydroxylation sites is 1. The Kier molecular flexibility index (Phi) is 8.89. The summed E-state index contributed by atoms with van der Waals surface area (Å²) in [5.41, 5.74) is -0.166. The van der Waals surface area contributed by atoms with Crippen LogP contribution in [0.15, 0.2) is 24.3 Å². The highest BCUT2D eigenvalue weighted by molar-refractivity contribution is 6.35. The summed E-state index contributed by atoms with van der Waals surface area (Å²) in [5.74, 6) is 0.132. The van der Waals surface area contributed by atoms with Gasteiger partial charge in [-0.3, -0.25) is 9.59 Å². The number of benzene rings is 1. The maximum atomic E-state index is 13.6. The van der Waals surface area contributed by atoms with Crippen LogP contribution < -0.4 is 14.8 Å². The number of ketones is 1. The van der Waals surface area contributed by atoms with E-state index in [9.17, 15) is 14.4 Å². The molecular weight excluding hydrogens is 498 g/mol. The van der Waals surface area contributed by atoms with Crippen LogP contribution in [0, 0.1) is 5.92 Å². The molecule has 3 atom stereocenters. The van der Waals surface area contributed by atoms with Crippen molar-refractivity contribution in [3.8, 4) is 11.6 Å². The maximum absolute atomic E-state index is 13.6. The minimum atomic E-state index is -0.861. The lowest BCUT2D eigenvalue weighted by Gasteiger charge is -2.30. The van der Waals surface area contributed by atoms with Crippen LogP contribution in [-0.2, 0) is 14.3 Å². The van der Waals surface area contributed by atoms with Crippen molar-refractivity contribution in [1.29, 1.82) is 0 Å². The first kappa shape index (κ1) is 28.5. The zero-order valence-electron chi connectivity index (χ0n) is 22.5. The van der Waals surface area contributed by atoms with Gasteiger partial charge in [0.05, 0.1) is 29.7 Å². The summed E-state index contributed by atoms with van der Waals surface area (Å²) in [6.45, 7) is 12.8. The molecule has 37 heavy (non-hydrogen) atoms. The molecule has 0 saturated carbocycles. The lowest BCUT2D eigenvalue weighted by molar-refractivity contribution is -0.139. The summed E-state index contributed by atoms with van der Waals surface area (Å²) in [6, 6.07) is 5.54. The number of pyridine rings is 1. The summed E-state index contributed by atoms with van der Waals surface area (Å²) in [5, 5.41) is 3.84. The Morgan fingerprint density at radius 2 is 1.95 bits per heavy atom. The highest BCUT2D eigenvalue weighted by atomic mass is 35.5. The Hall–Kier alpha value is -3.07. The minimum absolute atomic E-state index is 0.156. The fraction of sp³-hybridized carbons (Fsp3) is 0.556. The van der Waals surface area contributed by atoms with Gasteiger partial charge in [0.2, 0.25) is 11.8 Å². The van der Waals surface area contributed by atoms with E-state index in [4.69, 9.17) is 25.8 Å². The number of carbonyl (C=O) groups excluding carboxylic acids is 3. The molecular formula is C27H36ClN3O6. The number of hydrogen-bond acceptors (Lipinski definition) is 7. The zero-order chi connectivity index (χ0) is 27.5. The number of alkyl carbamates (subject to hydrolysis) is 1. The van der Waals surface area contributed by atoms with E-state index in [0.29, 0.717) is 40.6 Å². The second-order valence-corrected chi connectivity index (χ2v) is 10.9. The van der Waals surface area contributed by atoms with Crippen LogP contribution in [0.1, 0.15) is 54.9 Å². The monoisotopic (exact) mass is 533 g/mol. The summed E-state index contributed by atoms with van der Waals surface area (Å²) in [4.78, 5) is 44.5. The number of fused-ring (bicyclic) bond motifs is 1. The van der Waals surface area contributed by atoms with E-state index in [2.05, 4.69) is 10.3 Å². The number of likely N-dealkylation sites (tertiary alicyclic amines) is 1. The van der Waals surface area contributed by atoms with Crippen molar-refractivity contribution in [2.75, 3.05) is 13.2 Å². The Balaban J connectivity index is 1.86. The van der Waals surface area contributed by atoms with Crippen molar-refractivity contribution >= 4 is 40.3 Å². The van der Waals surface area contributed by atoms with Crippen molar-refractivity contribution in [1.82, 2.24) is 15.2 Å². The van der Waals surface area contributed by atoms with Crippen molar-refractivity contribution in [3.05, 3.63) is 29.3 Å². The second kappa shape index (κ2) is 11.5. The predicted octanol–water partition coefficient (Wildman–Crippen LogP) is 4.77. The standard InChI is InChI=1S/C27H36ClN3O6/c1-8-35-22-13-21(18-10-9-11-19(28)24(18)29-22)36-17-12-20(16(4)32)31(14-17)25(33)23(15(2)3)30-26(34)37-27(5,6)7/h9-11,13,15,17,20,23H,8,12,14H2,1-7H3,(H,30,34)/t17?,20?,23-/m0/s1. The normalized spacial score (nSPS) is 18.6. The molecule has 202 valence electrons. The van der Waals surface area contributed by atoms with Crippen molar-refractivity contribution in [2.24, 2.45) is 5.92 Å². The Labute approximate surface area is 222 Å². The molecule has 10 heteroatoms. The van der Waals surface area contributed by atoms with Crippen LogP contribution in [0.25, 0.3) is 10.9 Å². The molecule has 0 spiro atoms. The fourth-order valence-electron chi connectivity index (χ4n) is 4.30. The number of aromatic nitrogens is 1. The number of rotatable bonds is 8. The second-order valence-electron chi connectivity index (χ2n) is 10.5. The van der Waals surface area contributed by atoms with Crippen LogP contribution in [0.4, 0.5) is 4.79 Å². The molecule has 0 aliphatic carbocycles. The van der Waals surface area contributed by atoms with Crippen molar-refractivity contribution < 1.29 is 28.6 Å². The van der Waals surface area contributed by atoms with Gasteiger partial charge in [-0.15, -0.1) is 0 Å². The number of nitrogens with one attached hydrogen (secondary N) is 1. The molecule has 1 aliphatic rings. The first-order chi connectivity index (χ1) is 17.3. The van der Waals surface area contributed by atoms with Gasteiger partial charge in [0.25, 0.3) is 0 Å². The fourth-order valence-corrected chi connectivity index (χ4v) is 4.51. The zero-order valence-corrected chi connectivity index (χ0v) is 23.2. The predicted molar refractivity (Wildman–Crippen MR) is 141 cm³/mol. The molecule has 2 heterocycles. The number of halogens is 1. The SMILES string of the molecule is CCOc1cc(OC2CC(C(C)=O)N(C(=O)[C@@H](NC(=O)OC(C)(C)C)C(C)C)C2)c2cccc(Cl)c2n1. The molecule has 1 aromatic carbocycles. The van der Waals surface area contributed by atoms with Gasteiger partial charge in [-0.2, -0.15) is 0 Å². The molecule has 1 aromatic heterocycles. The number of Topliss-reactive ketones (excluding diaryl/α,β-unsaturated/α-hetero) is 1. The topological polar surface area (TPSA) is 107 Å². The van der Waals surface area contributed by atoms with E-state index in [1.165, 1.54) is 11.8 Å². The van der Waals surface area contributed by atoms with E-state index >= 15 is 0 Å². The number of ether oxygens (including phenoxy) is 3. The molecule has 3 rings (SSSR count). The summed E-state index contributed by atoms with van der Waals surface area (Å²) >= 11 is 6.38. The average Bonchev–Trinajstić information content (AvgIpc) is 3.21. The quantitative estimate of drug-likeness (QED) is 0.520. The number of carbonyl (C=O) groups is 3. The molecule has 2 unspecified atom stereocenters. The van der Waals surface area contributed by atoms with Crippen molar-refractivity contribution in [3.63, 3.8) is 0 Å². The third-order valence-corrected chi connectivity index (χ3v) is 6.24. The van der Waals surface area contributed by atoms with E-state index < -0.39 is 29.9 Å². The highest BCUT2D eigenvalue weighted by Crippen LogP contribution is 2.35. The molecule has 1 N–H and O–H groups in total. The summed E-state index contributed by atoms with van der Waals surface area (Å²) in [7, 11) is 0. The van der Waals surface area contributed by atoms with Crippen LogP contribution in [0.5, 0.6) is 11.6 Å². The average molecular weight is 534 g/mol. The molecule has 9 nitrogen and oxygen atoms in total. The van der Waals surface area contributed by atoms with Gasteiger partial charge in [-0.1, -0.05) is 31.5 Å². The van der Waals surface area contributed by atoms with E-state index in [-0.39, 0.29) is 24.2 Å². The third kappa shape index (κ3) is 7.03. The minimum Gasteiger partial charge on any atom is -0.488 e. The van der Waals surface area contributed by atoms with Crippen LogP contribution in [0.2, 0.25) is 5.02 Å². The lowest BCUT2D eigenvalue weighted by atomic mass is 10.0. The summed E-state index contributed by atoms with van der Waals surface area (Å²) < 4.78 is 17.3. The van der Waals surface area contributed by atoms with E-state index in [1.807, 2.05) is 26.8 Å².